The van der Waals surface area contributed by atoms with Crippen molar-refractivity contribution in [1.82, 2.24) is 9.55 Å². The van der Waals surface area contributed by atoms with Gasteiger partial charge >= 0.3 is 0 Å². The molecule has 6 heteroatoms. The second kappa shape index (κ2) is 12.1. The minimum Gasteiger partial charge on any atom is -0.452 e. The average Bonchev–Trinajstić information content (AvgIpc) is 4.14. The number of para-hydroxylation sites is 4. The number of imidazole rings is 1. The van der Waals surface area contributed by atoms with Crippen molar-refractivity contribution in [2.75, 3.05) is 0 Å². The summed E-state index contributed by atoms with van der Waals surface area (Å²) in [6.07, 6.45) is 0. The third-order valence-corrected chi connectivity index (χ3v) is 12.4. The first-order valence-electron chi connectivity index (χ1n) is 20.4. The van der Waals surface area contributed by atoms with E-state index < -0.39 is 0 Å². The quantitative estimate of drug-likeness (QED) is 0.178. The van der Waals surface area contributed by atoms with Crippen molar-refractivity contribution in [3.63, 3.8) is 0 Å². The van der Waals surface area contributed by atoms with Gasteiger partial charge in [0, 0.05) is 54.3 Å². The summed E-state index contributed by atoms with van der Waals surface area (Å²) in [5.74, 6) is 0.877. The van der Waals surface area contributed by atoms with E-state index in [-0.39, 0.29) is 0 Å². The van der Waals surface area contributed by atoms with Gasteiger partial charge in [-0.2, -0.15) is 0 Å². The van der Waals surface area contributed by atoms with E-state index >= 15 is 0 Å². The lowest BCUT2D eigenvalue weighted by molar-refractivity contribution is 0.633. The van der Waals surface area contributed by atoms with E-state index in [0.717, 1.165) is 138 Å². The molecule has 5 aromatic heterocycles. The Kier molecular flexibility index (Phi) is 6.46. The zero-order valence-electron chi connectivity index (χ0n) is 32.3. The highest BCUT2D eigenvalue weighted by Gasteiger charge is 2.21. The number of furan rings is 4. The fourth-order valence-corrected chi connectivity index (χ4v) is 9.54. The predicted molar refractivity (Wildman–Crippen MR) is 246 cm³/mol. The number of hydrogen-bond acceptors (Lipinski definition) is 5. The van der Waals surface area contributed by atoms with E-state index in [0.29, 0.717) is 0 Å². The molecule has 0 aliphatic rings. The van der Waals surface area contributed by atoms with Crippen molar-refractivity contribution in [3.05, 3.63) is 182 Å². The van der Waals surface area contributed by atoms with Gasteiger partial charge in [0.15, 0.2) is 22.3 Å². The molecule has 0 saturated heterocycles. The summed E-state index contributed by atoms with van der Waals surface area (Å²) in [7, 11) is 0. The van der Waals surface area contributed by atoms with Crippen LogP contribution in [-0.2, 0) is 0 Å². The number of aromatic nitrogens is 2. The molecular weight excluding hydrogens is 753 g/mol. The number of rotatable bonds is 4. The summed E-state index contributed by atoms with van der Waals surface area (Å²) >= 11 is 0. The Labute approximate surface area is 346 Å². The second-order valence-corrected chi connectivity index (χ2v) is 15.9. The Bertz CT molecular complexity index is 3910. The summed E-state index contributed by atoms with van der Waals surface area (Å²) in [5, 5.41) is 8.35. The highest BCUT2D eigenvalue weighted by molar-refractivity contribution is 6.20. The third kappa shape index (κ3) is 4.70. The van der Waals surface area contributed by atoms with Crippen LogP contribution in [0, 0.1) is 0 Å². The molecule has 0 spiro atoms. The van der Waals surface area contributed by atoms with E-state index in [1.807, 2.05) is 48.5 Å². The Balaban J connectivity index is 1.00. The maximum Gasteiger partial charge on any atom is 0.178 e. The molecule has 61 heavy (non-hydrogen) atoms. The molecule has 0 saturated carbocycles. The normalized spacial score (nSPS) is 12.3. The fraction of sp³-hybridized carbons (Fsp3) is 0. The van der Waals surface area contributed by atoms with Crippen LogP contribution in [0.1, 0.15) is 0 Å². The van der Waals surface area contributed by atoms with Crippen LogP contribution < -0.4 is 0 Å². The minimum absolute atomic E-state index is 0.758. The van der Waals surface area contributed by atoms with E-state index in [9.17, 15) is 0 Å². The Hall–Kier alpha value is -8.35. The Morgan fingerprint density at radius 2 is 0.770 bits per heavy atom. The zero-order chi connectivity index (χ0) is 39.8. The van der Waals surface area contributed by atoms with Gasteiger partial charge in [0.2, 0.25) is 0 Å². The molecule has 14 rings (SSSR count). The van der Waals surface area contributed by atoms with Gasteiger partial charge in [-0.25, -0.2) is 4.98 Å². The van der Waals surface area contributed by atoms with Gasteiger partial charge in [0.25, 0.3) is 0 Å². The molecule has 0 radical (unpaired) electrons. The maximum atomic E-state index is 6.57. The smallest absolute Gasteiger partial charge is 0.178 e. The Morgan fingerprint density at radius 3 is 1.33 bits per heavy atom. The molecule has 5 heterocycles. The maximum absolute atomic E-state index is 6.57. The van der Waals surface area contributed by atoms with Gasteiger partial charge in [-0.05, 0) is 113 Å². The fourth-order valence-electron chi connectivity index (χ4n) is 9.54. The first-order chi connectivity index (χ1) is 30.2. The van der Waals surface area contributed by atoms with Gasteiger partial charge < -0.3 is 17.7 Å². The van der Waals surface area contributed by atoms with Gasteiger partial charge in [-0.15, -0.1) is 0 Å². The highest BCUT2D eigenvalue weighted by atomic mass is 16.4. The number of benzene rings is 9. The lowest BCUT2D eigenvalue weighted by atomic mass is 9.95. The SMILES string of the molecule is c1ccc(-c2nc3ccccc3n2-c2cc(-c3ccc4oc5c(ccc6c7ccccc7oc65)c4c3)cc(-c3ccc4oc5c(ccc6c7ccccc7oc65)c4c3)c2)cc1. The third-order valence-electron chi connectivity index (χ3n) is 12.4. The van der Waals surface area contributed by atoms with Gasteiger partial charge in [-0.3, -0.25) is 4.57 Å². The van der Waals surface area contributed by atoms with Crippen LogP contribution >= 0.6 is 0 Å². The summed E-state index contributed by atoms with van der Waals surface area (Å²) in [6, 6.07) is 63.4. The zero-order valence-corrected chi connectivity index (χ0v) is 32.3. The topological polar surface area (TPSA) is 70.4 Å². The van der Waals surface area contributed by atoms with Crippen molar-refractivity contribution in [2.45, 2.75) is 0 Å². The number of hydrogen-bond donors (Lipinski definition) is 0. The van der Waals surface area contributed by atoms with Crippen LogP contribution in [0.2, 0.25) is 0 Å². The van der Waals surface area contributed by atoms with Crippen molar-refractivity contribution < 1.29 is 17.7 Å². The highest BCUT2D eigenvalue weighted by Crippen LogP contribution is 2.43. The first-order valence-corrected chi connectivity index (χ1v) is 20.4. The van der Waals surface area contributed by atoms with Crippen molar-refractivity contribution in [2.24, 2.45) is 0 Å². The molecule has 284 valence electrons. The largest absolute Gasteiger partial charge is 0.452 e. The Morgan fingerprint density at radius 1 is 0.311 bits per heavy atom. The molecule has 0 aliphatic carbocycles. The second-order valence-electron chi connectivity index (χ2n) is 15.9. The summed E-state index contributed by atoms with van der Waals surface area (Å²) in [6.45, 7) is 0. The van der Waals surface area contributed by atoms with Crippen LogP contribution in [-0.4, -0.2) is 9.55 Å². The molecule has 0 unspecified atom stereocenters. The molecule has 0 bridgehead atoms. The molecule has 0 N–H and O–H groups in total. The van der Waals surface area contributed by atoms with Gasteiger partial charge in [-0.1, -0.05) is 91.0 Å². The molecule has 14 aromatic rings. The van der Waals surface area contributed by atoms with Crippen molar-refractivity contribution >= 4 is 98.8 Å². The molecular formula is C55H30N2O4. The number of fused-ring (bicyclic) bond motifs is 15. The monoisotopic (exact) mass is 782 g/mol. The van der Waals surface area contributed by atoms with E-state index in [1.165, 1.54) is 0 Å². The van der Waals surface area contributed by atoms with Crippen molar-refractivity contribution in [3.8, 4) is 39.3 Å². The van der Waals surface area contributed by atoms with Gasteiger partial charge in [0.1, 0.15) is 28.2 Å². The van der Waals surface area contributed by atoms with E-state index in [1.54, 1.807) is 0 Å². The summed E-state index contributed by atoms with van der Waals surface area (Å²) in [4.78, 5) is 5.20. The lowest BCUT2D eigenvalue weighted by Gasteiger charge is -2.15. The van der Waals surface area contributed by atoms with Crippen LogP contribution in [0.4, 0.5) is 0 Å². The molecule has 0 fully saturated rings. The van der Waals surface area contributed by atoms with Crippen molar-refractivity contribution in [1.29, 1.82) is 0 Å². The molecule has 9 aromatic carbocycles. The standard InChI is InChI=1S/C55H30N2O4/c1-2-10-31(11-3-1)55-56-45-14-6-7-15-46(45)57(55)36-27-34(32-18-24-49-43(29-32)41-22-20-39-37-12-4-8-16-47(37)58-51(39)53(41)60-49)26-35(28-36)33-19-25-50-44(30-33)42-23-21-40-38-13-5-9-17-48(38)59-52(40)54(42)61-50/h1-30H. The van der Waals surface area contributed by atoms with Crippen LogP contribution in [0.5, 0.6) is 0 Å². The lowest BCUT2D eigenvalue weighted by Crippen LogP contribution is -1.99. The summed E-state index contributed by atoms with van der Waals surface area (Å²) < 4.78 is 28.2. The molecule has 0 aliphatic heterocycles. The minimum atomic E-state index is 0.758. The average molecular weight is 783 g/mol. The summed E-state index contributed by atoms with van der Waals surface area (Å²) in [5.41, 5.74) is 14.6. The first kappa shape index (κ1) is 32.6. The predicted octanol–water partition coefficient (Wildman–Crippen LogP) is 15.6. The molecule has 0 amide bonds. The number of nitrogens with zero attached hydrogens (tertiary/aromatic N) is 2. The van der Waals surface area contributed by atoms with Gasteiger partial charge in [0.05, 0.1) is 11.0 Å². The van der Waals surface area contributed by atoms with E-state index in [4.69, 9.17) is 22.7 Å². The molecule has 6 nitrogen and oxygen atoms in total. The van der Waals surface area contributed by atoms with Crippen LogP contribution in [0.15, 0.2) is 200 Å². The van der Waals surface area contributed by atoms with Crippen LogP contribution in [0.3, 0.4) is 0 Å². The van der Waals surface area contributed by atoms with Crippen LogP contribution in [0.25, 0.3) is 138 Å². The van der Waals surface area contributed by atoms with E-state index in [2.05, 4.69) is 138 Å². The molecule has 0 atom stereocenters.